The monoisotopic (exact) mass is 354 g/mol. The van der Waals surface area contributed by atoms with Crippen LogP contribution in [-0.4, -0.2) is 26.7 Å². The van der Waals surface area contributed by atoms with Crippen LogP contribution in [0.5, 0.6) is 11.5 Å². The van der Waals surface area contributed by atoms with Crippen molar-refractivity contribution in [1.29, 1.82) is 0 Å². The van der Waals surface area contributed by atoms with Crippen molar-refractivity contribution in [2.75, 3.05) is 31.4 Å². The van der Waals surface area contributed by atoms with Crippen LogP contribution in [-0.2, 0) is 4.79 Å². The zero-order valence-electron chi connectivity index (χ0n) is 12.7. The van der Waals surface area contributed by atoms with Gasteiger partial charge in [0.15, 0.2) is 0 Å². The summed E-state index contributed by atoms with van der Waals surface area (Å²) in [6.45, 7) is 0.0559. The molecule has 0 aliphatic heterocycles. The summed E-state index contributed by atoms with van der Waals surface area (Å²) in [7, 11) is 3.08. The number of carbonyl (C=O) groups excluding carboxylic acids is 1. The molecule has 0 unspecified atom stereocenters. The van der Waals surface area contributed by atoms with Gasteiger partial charge in [-0.1, -0.05) is 23.2 Å². The van der Waals surface area contributed by atoms with Crippen molar-refractivity contribution >= 4 is 40.5 Å². The third-order valence-corrected chi connectivity index (χ3v) is 3.57. The van der Waals surface area contributed by atoms with Gasteiger partial charge in [-0.25, -0.2) is 0 Å². The van der Waals surface area contributed by atoms with E-state index in [0.29, 0.717) is 32.9 Å². The average Bonchev–Trinajstić information content (AvgIpc) is 2.53. The second-order valence-electron chi connectivity index (χ2n) is 4.60. The Balaban J connectivity index is 1.98. The van der Waals surface area contributed by atoms with E-state index >= 15 is 0 Å². The van der Waals surface area contributed by atoms with Crippen molar-refractivity contribution in [3.8, 4) is 11.5 Å². The van der Waals surface area contributed by atoms with Crippen molar-refractivity contribution in [2.45, 2.75) is 0 Å². The number of hydrogen-bond acceptors (Lipinski definition) is 4. The van der Waals surface area contributed by atoms with Crippen molar-refractivity contribution in [3.05, 3.63) is 46.4 Å². The zero-order chi connectivity index (χ0) is 16.8. The molecule has 0 saturated carbocycles. The topological polar surface area (TPSA) is 59.6 Å². The molecule has 2 aromatic carbocycles. The fraction of sp³-hybridized carbons (Fsp3) is 0.188. The molecule has 0 radical (unpaired) electrons. The highest BCUT2D eigenvalue weighted by atomic mass is 35.5. The lowest BCUT2D eigenvalue weighted by Crippen LogP contribution is -2.22. The van der Waals surface area contributed by atoms with Gasteiger partial charge in [-0.3, -0.25) is 4.79 Å². The van der Waals surface area contributed by atoms with Gasteiger partial charge in [0.2, 0.25) is 5.91 Å². The summed E-state index contributed by atoms with van der Waals surface area (Å²) in [4.78, 5) is 12.0. The second-order valence-corrected chi connectivity index (χ2v) is 5.44. The van der Waals surface area contributed by atoms with Crippen LogP contribution in [0, 0.1) is 0 Å². The standard InChI is InChI=1S/C16H16Cl2N2O3/c1-22-14-6-4-11(8-12(14)18)20-16(21)9-19-13-7-10(17)3-5-15(13)23-2/h3-8,19H,9H2,1-2H3,(H,20,21). The Kier molecular flexibility index (Phi) is 5.96. The Hall–Kier alpha value is -2.11. The predicted octanol–water partition coefficient (Wildman–Crippen LogP) is 4.06. The smallest absolute Gasteiger partial charge is 0.243 e. The van der Waals surface area contributed by atoms with Crippen LogP contribution in [0.15, 0.2) is 36.4 Å². The predicted molar refractivity (Wildman–Crippen MR) is 93.1 cm³/mol. The van der Waals surface area contributed by atoms with Gasteiger partial charge in [-0.05, 0) is 36.4 Å². The number of benzene rings is 2. The number of amides is 1. The second kappa shape index (κ2) is 7.94. The van der Waals surface area contributed by atoms with Gasteiger partial charge >= 0.3 is 0 Å². The van der Waals surface area contributed by atoms with E-state index in [1.165, 1.54) is 7.11 Å². The Morgan fingerprint density at radius 2 is 1.74 bits per heavy atom. The summed E-state index contributed by atoms with van der Waals surface area (Å²) < 4.78 is 10.3. The molecule has 0 aromatic heterocycles. The molecule has 0 aliphatic carbocycles. The Labute approximate surface area is 144 Å². The summed E-state index contributed by atoms with van der Waals surface area (Å²) in [5, 5.41) is 6.70. The molecule has 2 rings (SSSR count). The van der Waals surface area contributed by atoms with Crippen LogP contribution in [0.4, 0.5) is 11.4 Å². The molecule has 0 atom stereocenters. The minimum atomic E-state index is -0.228. The lowest BCUT2D eigenvalue weighted by Gasteiger charge is -2.12. The van der Waals surface area contributed by atoms with Crippen molar-refractivity contribution in [1.82, 2.24) is 0 Å². The summed E-state index contributed by atoms with van der Waals surface area (Å²) >= 11 is 12.0. The van der Waals surface area contributed by atoms with Crippen LogP contribution in [0.25, 0.3) is 0 Å². The first kappa shape index (κ1) is 17.2. The number of anilines is 2. The van der Waals surface area contributed by atoms with Gasteiger partial charge < -0.3 is 20.1 Å². The molecule has 0 saturated heterocycles. The number of rotatable bonds is 6. The molecular formula is C16H16Cl2N2O3. The molecule has 0 spiro atoms. The van der Waals surface area contributed by atoms with Crippen molar-refractivity contribution in [3.63, 3.8) is 0 Å². The highest BCUT2D eigenvalue weighted by Gasteiger charge is 2.08. The molecule has 0 fully saturated rings. The van der Waals surface area contributed by atoms with Crippen LogP contribution in [0.3, 0.4) is 0 Å². The summed E-state index contributed by atoms with van der Waals surface area (Å²) in [6, 6.07) is 10.2. The van der Waals surface area contributed by atoms with E-state index in [9.17, 15) is 4.79 Å². The Morgan fingerprint density at radius 1 is 1.04 bits per heavy atom. The first-order valence-electron chi connectivity index (χ1n) is 6.74. The van der Waals surface area contributed by atoms with Gasteiger partial charge in [0.05, 0.1) is 31.5 Å². The van der Waals surface area contributed by atoms with Gasteiger partial charge in [0.25, 0.3) is 0 Å². The maximum absolute atomic E-state index is 12.0. The number of nitrogens with one attached hydrogen (secondary N) is 2. The summed E-state index contributed by atoms with van der Waals surface area (Å²) in [5.41, 5.74) is 1.23. The number of hydrogen-bond donors (Lipinski definition) is 2. The molecule has 1 amide bonds. The molecule has 0 heterocycles. The minimum Gasteiger partial charge on any atom is -0.495 e. The third kappa shape index (κ3) is 4.68. The molecule has 2 N–H and O–H groups in total. The molecule has 2 aromatic rings. The molecule has 0 aliphatic rings. The number of ether oxygens (including phenoxy) is 2. The van der Waals surface area contributed by atoms with E-state index < -0.39 is 0 Å². The Bertz CT molecular complexity index is 708. The molecular weight excluding hydrogens is 339 g/mol. The maximum atomic E-state index is 12.0. The average molecular weight is 355 g/mol. The quantitative estimate of drug-likeness (QED) is 0.820. The van der Waals surface area contributed by atoms with E-state index in [2.05, 4.69) is 10.6 Å². The molecule has 5 nitrogen and oxygen atoms in total. The van der Waals surface area contributed by atoms with Gasteiger partial charge in [0, 0.05) is 10.7 Å². The number of halogens is 2. The number of methoxy groups -OCH3 is 2. The summed E-state index contributed by atoms with van der Waals surface area (Å²) in [5.74, 6) is 0.925. The first-order chi connectivity index (χ1) is 11.0. The van der Waals surface area contributed by atoms with Crippen LogP contribution < -0.4 is 20.1 Å². The van der Waals surface area contributed by atoms with Crippen LogP contribution in [0.1, 0.15) is 0 Å². The normalized spacial score (nSPS) is 10.1. The third-order valence-electron chi connectivity index (χ3n) is 3.04. The van der Waals surface area contributed by atoms with E-state index in [0.717, 1.165) is 0 Å². The molecule has 23 heavy (non-hydrogen) atoms. The van der Waals surface area contributed by atoms with Gasteiger partial charge in [-0.15, -0.1) is 0 Å². The van der Waals surface area contributed by atoms with Crippen molar-refractivity contribution < 1.29 is 14.3 Å². The molecule has 122 valence electrons. The lowest BCUT2D eigenvalue weighted by atomic mass is 10.3. The van der Waals surface area contributed by atoms with E-state index in [1.807, 2.05) is 0 Å². The highest BCUT2D eigenvalue weighted by molar-refractivity contribution is 6.32. The van der Waals surface area contributed by atoms with Crippen molar-refractivity contribution in [2.24, 2.45) is 0 Å². The molecule has 0 bridgehead atoms. The SMILES string of the molecule is COc1ccc(NC(=O)CNc2cc(Cl)ccc2OC)cc1Cl. The first-order valence-corrected chi connectivity index (χ1v) is 7.50. The number of carbonyl (C=O) groups is 1. The zero-order valence-corrected chi connectivity index (χ0v) is 14.2. The fourth-order valence-electron chi connectivity index (χ4n) is 1.94. The maximum Gasteiger partial charge on any atom is 0.243 e. The lowest BCUT2D eigenvalue weighted by molar-refractivity contribution is -0.114. The van der Waals surface area contributed by atoms with Crippen LogP contribution in [0.2, 0.25) is 10.0 Å². The summed E-state index contributed by atoms with van der Waals surface area (Å²) in [6.07, 6.45) is 0. The van der Waals surface area contributed by atoms with Gasteiger partial charge in [0.1, 0.15) is 11.5 Å². The minimum absolute atomic E-state index is 0.0559. The van der Waals surface area contributed by atoms with E-state index in [4.69, 9.17) is 32.7 Å². The van der Waals surface area contributed by atoms with Gasteiger partial charge in [-0.2, -0.15) is 0 Å². The molecule has 7 heteroatoms. The van der Waals surface area contributed by atoms with E-state index in [-0.39, 0.29) is 12.5 Å². The largest absolute Gasteiger partial charge is 0.495 e. The van der Waals surface area contributed by atoms with E-state index in [1.54, 1.807) is 43.5 Å². The fourth-order valence-corrected chi connectivity index (χ4v) is 2.37. The van der Waals surface area contributed by atoms with Crippen LogP contribution >= 0.6 is 23.2 Å². The highest BCUT2D eigenvalue weighted by Crippen LogP contribution is 2.28. The Morgan fingerprint density at radius 3 is 2.39 bits per heavy atom.